The van der Waals surface area contributed by atoms with Crippen molar-refractivity contribution in [1.29, 1.82) is 0 Å². The Bertz CT molecular complexity index is 1020. The molecule has 26 heavy (non-hydrogen) atoms. The molecule has 0 aliphatic carbocycles. The van der Waals surface area contributed by atoms with E-state index in [1.165, 1.54) is 6.07 Å². The van der Waals surface area contributed by atoms with E-state index in [9.17, 15) is 13.2 Å². The van der Waals surface area contributed by atoms with Gasteiger partial charge in [-0.1, -0.05) is 18.2 Å². The van der Waals surface area contributed by atoms with Crippen molar-refractivity contribution in [1.82, 2.24) is 4.57 Å². The smallest absolute Gasteiger partial charge is 0.238 e. The third-order valence-corrected chi connectivity index (χ3v) is 5.03. The number of nitrogens with zero attached hydrogens (tertiary/aromatic N) is 1. The zero-order valence-electron chi connectivity index (χ0n) is 14.2. The van der Waals surface area contributed by atoms with E-state index in [-0.39, 0.29) is 17.2 Å². The second-order valence-corrected chi connectivity index (χ2v) is 7.54. The average molecular weight is 369 g/mol. The molecule has 1 amide bonds. The predicted octanol–water partition coefficient (Wildman–Crippen LogP) is 2.61. The first-order valence-electron chi connectivity index (χ1n) is 7.98. The maximum Gasteiger partial charge on any atom is 0.238 e. The van der Waals surface area contributed by atoms with Crippen LogP contribution in [0.3, 0.4) is 0 Å². The van der Waals surface area contributed by atoms with Gasteiger partial charge in [0.1, 0.15) is 0 Å². The van der Waals surface area contributed by atoms with Crippen LogP contribution in [0.4, 0.5) is 5.69 Å². The van der Waals surface area contributed by atoms with Crippen LogP contribution in [0.25, 0.3) is 5.69 Å². The zero-order valence-corrected chi connectivity index (χ0v) is 15.0. The first-order valence-corrected chi connectivity index (χ1v) is 9.53. The van der Waals surface area contributed by atoms with Crippen molar-refractivity contribution >= 4 is 21.6 Å². The Morgan fingerprint density at radius 1 is 1.08 bits per heavy atom. The zero-order chi connectivity index (χ0) is 18.7. The first kappa shape index (κ1) is 17.9. The number of nitrogens with one attached hydrogen (secondary N) is 1. The fourth-order valence-corrected chi connectivity index (χ4v) is 3.48. The number of anilines is 1. The Hall–Kier alpha value is -2.90. The van der Waals surface area contributed by atoms with Crippen molar-refractivity contribution in [2.75, 3.05) is 5.32 Å². The van der Waals surface area contributed by atoms with Gasteiger partial charge in [0, 0.05) is 23.8 Å². The lowest BCUT2D eigenvalue weighted by atomic mass is 10.1. The Morgan fingerprint density at radius 3 is 2.35 bits per heavy atom. The van der Waals surface area contributed by atoms with Gasteiger partial charge in [-0.25, -0.2) is 13.6 Å². The standard InChI is InChI=1S/C19H19N3O3S/c1-14-4-7-16(13-18(14)26(20,24)25)21-19(23)12-15-5-8-17(9-6-15)22-10-2-3-11-22/h2-11,13H,12H2,1H3,(H,21,23)(H2,20,24,25). The van der Waals surface area contributed by atoms with Gasteiger partial charge in [0.15, 0.2) is 0 Å². The van der Waals surface area contributed by atoms with Crippen LogP contribution in [0.1, 0.15) is 11.1 Å². The van der Waals surface area contributed by atoms with Crippen molar-refractivity contribution in [2.45, 2.75) is 18.2 Å². The number of hydrogen-bond donors (Lipinski definition) is 2. The van der Waals surface area contributed by atoms with E-state index < -0.39 is 10.0 Å². The minimum atomic E-state index is -3.83. The first-order chi connectivity index (χ1) is 12.3. The molecule has 1 heterocycles. The Labute approximate surface area is 152 Å². The lowest BCUT2D eigenvalue weighted by molar-refractivity contribution is -0.115. The molecule has 0 fully saturated rings. The number of primary sulfonamides is 1. The Balaban J connectivity index is 1.69. The van der Waals surface area contributed by atoms with Gasteiger partial charge >= 0.3 is 0 Å². The number of nitrogens with two attached hydrogens (primary N) is 1. The summed E-state index contributed by atoms with van der Waals surface area (Å²) in [4.78, 5) is 12.3. The summed E-state index contributed by atoms with van der Waals surface area (Å²) in [5, 5.41) is 7.90. The molecule has 3 aromatic rings. The van der Waals surface area contributed by atoms with Crippen molar-refractivity contribution in [2.24, 2.45) is 5.14 Å². The number of sulfonamides is 1. The minimum absolute atomic E-state index is 0.00590. The number of aromatic nitrogens is 1. The summed E-state index contributed by atoms with van der Waals surface area (Å²) in [5.41, 5.74) is 2.80. The van der Waals surface area contributed by atoms with Gasteiger partial charge in [0.25, 0.3) is 0 Å². The third-order valence-electron chi connectivity index (χ3n) is 3.98. The van der Waals surface area contributed by atoms with Gasteiger partial charge in [0.05, 0.1) is 11.3 Å². The lowest BCUT2D eigenvalue weighted by Gasteiger charge is -2.09. The largest absolute Gasteiger partial charge is 0.326 e. The predicted molar refractivity (Wildman–Crippen MR) is 101 cm³/mol. The molecule has 6 nitrogen and oxygen atoms in total. The van der Waals surface area contributed by atoms with Crippen LogP contribution < -0.4 is 10.5 Å². The van der Waals surface area contributed by atoms with Crippen molar-refractivity contribution in [3.63, 3.8) is 0 Å². The quantitative estimate of drug-likeness (QED) is 0.724. The number of carbonyl (C=O) groups excluding carboxylic acids is 1. The molecular formula is C19H19N3O3S. The van der Waals surface area contributed by atoms with E-state index in [0.717, 1.165) is 11.3 Å². The van der Waals surface area contributed by atoms with Crippen molar-refractivity contribution < 1.29 is 13.2 Å². The second kappa shape index (κ2) is 7.15. The number of aryl methyl sites for hydroxylation is 1. The fraction of sp³-hybridized carbons (Fsp3) is 0.105. The Kier molecular flexibility index (Phi) is 4.92. The summed E-state index contributed by atoms with van der Waals surface area (Å²) in [6.07, 6.45) is 4.08. The van der Waals surface area contributed by atoms with Crippen LogP contribution in [0.5, 0.6) is 0 Å². The number of rotatable bonds is 5. The monoisotopic (exact) mass is 369 g/mol. The number of amides is 1. The molecule has 0 unspecified atom stereocenters. The highest BCUT2D eigenvalue weighted by molar-refractivity contribution is 7.89. The molecule has 0 bridgehead atoms. The molecule has 0 aliphatic heterocycles. The van der Waals surface area contributed by atoms with Gasteiger partial charge in [-0.2, -0.15) is 0 Å². The van der Waals surface area contributed by atoms with E-state index in [1.807, 2.05) is 53.4 Å². The van der Waals surface area contributed by atoms with Crippen LogP contribution >= 0.6 is 0 Å². The molecule has 0 radical (unpaired) electrons. The van der Waals surface area contributed by atoms with Gasteiger partial charge < -0.3 is 9.88 Å². The summed E-state index contributed by atoms with van der Waals surface area (Å²) < 4.78 is 25.1. The topological polar surface area (TPSA) is 94.2 Å². The normalized spacial score (nSPS) is 11.3. The molecule has 0 spiro atoms. The van der Waals surface area contributed by atoms with E-state index in [1.54, 1.807) is 19.1 Å². The summed E-state index contributed by atoms with van der Waals surface area (Å²) in [5.74, 6) is -0.233. The van der Waals surface area contributed by atoms with Crippen LogP contribution in [-0.2, 0) is 21.2 Å². The molecule has 2 aromatic carbocycles. The molecule has 134 valence electrons. The maximum atomic E-state index is 12.2. The number of hydrogen-bond acceptors (Lipinski definition) is 3. The molecule has 1 aromatic heterocycles. The Morgan fingerprint density at radius 2 is 1.73 bits per heavy atom. The maximum absolute atomic E-state index is 12.2. The van der Waals surface area contributed by atoms with Gasteiger partial charge in [0.2, 0.25) is 15.9 Å². The van der Waals surface area contributed by atoms with Crippen LogP contribution in [0.2, 0.25) is 0 Å². The molecule has 7 heteroatoms. The van der Waals surface area contributed by atoms with Crippen molar-refractivity contribution in [3.05, 3.63) is 78.1 Å². The molecular weight excluding hydrogens is 350 g/mol. The lowest BCUT2D eigenvalue weighted by Crippen LogP contribution is -2.17. The summed E-state index contributed by atoms with van der Waals surface area (Å²) >= 11 is 0. The molecule has 3 N–H and O–H groups in total. The van der Waals surface area contributed by atoms with Gasteiger partial charge in [-0.05, 0) is 54.4 Å². The second-order valence-electron chi connectivity index (χ2n) is 6.01. The molecule has 0 aliphatic rings. The third kappa shape index (κ3) is 4.19. The molecule has 0 saturated heterocycles. The highest BCUT2D eigenvalue weighted by Crippen LogP contribution is 2.19. The number of benzene rings is 2. The van der Waals surface area contributed by atoms with Gasteiger partial charge in [-0.3, -0.25) is 4.79 Å². The summed E-state index contributed by atoms with van der Waals surface area (Å²) in [6.45, 7) is 1.65. The fourth-order valence-electron chi connectivity index (χ4n) is 2.67. The summed E-state index contributed by atoms with van der Waals surface area (Å²) in [7, 11) is -3.83. The summed E-state index contributed by atoms with van der Waals surface area (Å²) in [6, 6.07) is 16.2. The van der Waals surface area contributed by atoms with E-state index in [2.05, 4.69) is 5.32 Å². The molecule has 3 rings (SSSR count). The van der Waals surface area contributed by atoms with Crippen LogP contribution in [0, 0.1) is 6.92 Å². The van der Waals surface area contributed by atoms with Crippen LogP contribution in [-0.4, -0.2) is 18.9 Å². The average Bonchev–Trinajstić information content (AvgIpc) is 3.11. The highest BCUT2D eigenvalue weighted by atomic mass is 32.2. The number of carbonyl (C=O) groups is 1. The van der Waals surface area contributed by atoms with E-state index in [4.69, 9.17) is 5.14 Å². The SMILES string of the molecule is Cc1ccc(NC(=O)Cc2ccc(-n3cccc3)cc2)cc1S(N)(=O)=O. The highest BCUT2D eigenvalue weighted by Gasteiger charge is 2.13. The minimum Gasteiger partial charge on any atom is -0.326 e. The van der Waals surface area contributed by atoms with Gasteiger partial charge in [-0.15, -0.1) is 0 Å². The molecule has 0 atom stereocenters. The van der Waals surface area contributed by atoms with Crippen LogP contribution in [0.15, 0.2) is 71.9 Å². The van der Waals surface area contributed by atoms with E-state index >= 15 is 0 Å². The van der Waals surface area contributed by atoms with E-state index in [0.29, 0.717) is 11.3 Å². The molecule has 0 saturated carbocycles. The van der Waals surface area contributed by atoms with Crippen molar-refractivity contribution in [3.8, 4) is 5.69 Å².